The number of amides is 1. The molecule has 0 saturated heterocycles. The van der Waals surface area contributed by atoms with E-state index >= 15 is 0 Å². The minimum absolute atomic E-state index is 0.115. The van der Waals surface area contributed by atoms with E-state index in [9.17, 15) is 18.0 Å². The Balaban J connectivity index is 1.52. The zero-order chi connectivity index (χ0) is 21.3. The predicted molar refractivity (Wildman–Crippen MR) is 117 cm³/mol. The number of thiazole rings is 1. The third-order valence-corrected chi connectivity index (χ3v) is 6.50. The quantitative estimate of drug-likeness (QED) is 0.474. The van der Waals surface area contributed by atoms with Crippen LogP contribution in [0, 0.1) is 0 Å². The van der Waals surface area contributed by atoms with Crippen LogP contribution in [0.4, 0.5) is 5.13 Å². The van der Waals surface area contributed by atoms with E-state index in [0.29, 0.717) is 32.0 Å². The molecule has 8 heteroatoms. The lowest BCUT2D eigenvalue weighted by molar-refractivity contribution is 0.102. The molecule has 0 atom stereocenters. The number of carbonyl (C=O) groups excluding carboxylic acids is 2. The molecule has 0 aliphatic carbocycles. The summed E-state index contributed by atoms with van der Waals surface area (Å²) in [5.41, 5.74) is 2.06. The minimum Gasteiger partial charge on any atom is -0.298 e. The van der Waals surface area contributed by atoms with Crippen LogP contribution in [0.1, 0.15) is 26.3 Å². The van der Waals surface area contributed by atoms with Crippen molar-refractivity contribution in [2.24, 2.45) is 0 Å². The van der Waals surface area contributed by atoms with Crippen molar-refractivity contribution in [3.05, 3.63) is 89.5 Å². The molecule has 1 heterocycles. The summed E-state index contributed by atoms with van der Waals surface area (Å²) < 4.78 is 24.1. The van der Waals surface area contributed by atoms with Crippen LogP contribution in [0.2, 0.25) is 0 Å². The Morgan fingerprint density at radius 3 is 2.17 bits per heavy atom. The highest BCUT2D eigenvalue weighted by atomic mass is 32.2. The number of nitrogens with one attached hydrogen (secondary N) is 1. The molecule has 30 heavy (non-hydrogen) atoms. The van der Waals surface area contributed by atoms with Crippen LogP contribution in [0.15, 0.2) is 77.7 Å². The second-order valence-electron chi connectivity index (χ2n) is 6.65. The molecule has 0 aliphatic heterocycles. The molecule has 0 unspecified atom stereocenters. The summed E-state index contributed by atoms with van der Waals surface area (Å²) >= 11 is 1.19. The third-order valence-electron chi connectivity index (χ3n) is 4.45. The molecule has 1 amide bonds. The van der Waals surface area contributed by atoms with Gasteiger partial charge in [-0.25, -0.2) is 13.4 Å². The van der Waals surface area contributed by atoms with Gasteiger partial charge in [0.2, 0.25) is 0 Å². The molecule has 4 rings (SSSR count). The average molecular weight is 437 g/mol. The fraction of sp³-hybridized carbons (Fsp3) is 0.0455. The standard InChI is InChI=1S/C22H16N2O4S2/c1-30(27,28)17-11-12-18-19(13-17)29-22(23-18)24-21(26)16-9-7-15(8-10-16)20(25)14-5-3-2-4-6-14/h2-13H,1H3,(H,23,24,26). The number of benzene rings is 3. The van der Waals surface area contributed by atoms with E-state index in [1.165, 1.54) is 17.4 Å². The lowest BCUT2D eigenvalue weighted by Gasteiger charge is -2.04. The van der Waals surface area contributed by atoms with Gasteiger partial charge >= 0.3 is 0 Å². The topological polar surface area (TPSA) is 93.2 Å². The van der Waals surface area contributed by atoms with Gasteiger partial charge < -0.3 is 0 Å². The predicted octanol–water partition coefficient (Wildman–Crippen LogP) is 4.18. The first kappa shape index (κ1) is 19.9. The van der Waals surface area contributed by atoms with Gasteiger partial charge in [-0.1, -0.05) is 53.8 Å². The van der Waals surface area contributed by atoms with Crippen LogP contribution in [0.5, 0.6) is 0 Å². The highest BCUT2D eigenvalue weighted by molar-refractivity contribution is 7.90. The van der Waals surface area contributed by atoms with Gasteiger partial charge in [-0.3, -0.25) is 14.9 Å². The molecule has 4 aromatic rings. The molecule has 0 spiro atoms. The normalized spacial score (nSPS) is 11.4. The maximum atomic E-state index is 12.5. The lowest BCUT2D eigenvalue weighted by Crippen LogP contribution is -2.12. The summed E-state index contributed by atoms with van der Waals surface area (Å²) in [5, 5.41) is 3.09. The van der Waals surface area contributed by atoms with Crippen molar-refractivity contribution in [1.82, 2.24) is 4.98 Å². The molecule has 1 aromatic heterocycles. The van der Waals surface area contributed by atoms with Crippen molar-refractivity contribution in [3.63, 3.8) is 0 Å². The first-order valence-corrected chi connectivity index (χ1v) is 11.6. The van der Waals surface area contributed by atoms with Crippen molar-refractivity contribution in [1.29, 1.82) is 0 Å². The number of nitrogens with zero attached hydrogens (tertiary/aromatic N) is 1. The van der Waals surface area contributed by atoms with E-state index in [4.69, 9.17) is 0 Å². The largest absolute Gasteiger partial charge is 0.298 e. The molecule has 0 fully saturated rings. The van der Waals surface area contributed by atoms with Gasteiger partial charge in [-0.05, 0) is 30.3 Å². The number of carbonyl (C=O) groups is 2. The number of rotatable bonds is 5. The molecule has 3 aromatic carbocycles. The summed E-state index contributed by atoms with van der Waals surface area (Å²) in [7, 11) is -3.32. The molecular weight excluding hydrogens is 420 g/mol. The summed E-state index contributed by atoms with van der Waals surface area (Å²) in [6, 6.07) is 20.0. The van der Waals surface area contributed by atoms with E-state index in [0.717, 1.165) is 6.26 Å². The van der Waals surface area contributed by atoms with E-state index in [2.05, 4.69) is 10.3 Å². The highest BCUT2D eigenvalue weighted by Crippen LogP contribution is 2.28. The van der Waals surface area contributed by atoms with Crippen LogP contribution in [-0.2, 0) is 9.84 Å². The minimum atomic E-state index is -3.32. The van der Waals surface area contributed by atoms with Crippen LogP contribution in [-0.4, -0.2) is 31.3 Å². The fourth-order valence-electron chi connectivity index (χ4n) is 2.89. The third kappa shape index (κ3) is 4.14. The zero-order valence-corrected chi connectivity index (χ0v) is 17.5. The Morgan fingerprint density at radius 2 is 1.50 bits per heavy atom. The second-order valence-corrected chi connectivity index (χ2v) is 9.69. The maximum absolute atomic E-state index is 12.5. The van der Waals surface area contributed by atoms with Gasteiger partial charge in [0.1, 0.15) is 0 Å². The first-order chi connectivity index (χ1) is 14.3. The summed E-state index contributed by atoms with van der Waals surface area (Å²) in [4.78, 5) is 29.5. The molecule has 1 N–H and O–H groups in total. The molecule has 150 valence electrons. The van der Waals surface area contributed by atoms with Crippen molar-refractivity contribution < 1.29 is 18.0 Å². The maximum Gasteiger partial charge on any atom is 0.257 e. The van der Waals surface area contributed by atoms with Crippen molar-refractivity contribution in [2.75, 3.05) is 11.6 Å². The number of hydrogen-bond acceptors (Lipinski definition) is 6. The number of anilines is 1. The first-order valence-electron chi connectivity index (χ1n) is 8.93. The summed E-state index contributed by atoms with van der Waals surface area (Å²) in [6.07, 6.45) is 1.14. The Hall–Kier alpha value is -3.36. The lowest BCUT2D eigenvalue weighted by atomic mass is 10.0. The zero-order valence-electron chi connectivity index (χ0n) is 15.8. The SMILES string of the molecule is CS(=O)(=O)c1ccc2nc(NC(=O)c3ccc(C(=O)c4ccccc4)cc3)sc2c1. The molecule has 0 bridgehead atoms. The van der Waals surface area contributed by atoms with Crippen molar-refractivity contribution in [3.8, 4) is 0 Å². The van der Waals surface area contributed by atoms with Crippen molar-refractivity contribution in [2.45, 2.75) is 4.90 Å². The summed E-state index contributed by atoms with van der Waals surface area (Å²) in [5.74, 6) is -0.480. The van der Waals surface area contributed by atoms with E-state index in [-0.39, 0.29) is 16.6 Å². The van der Waals surface area contributed by atoms with Gasteiger partial charge in [-0.15, -0.1) is 0 Å². The van der Waals surface area contributed by atoms with Gasteiger partial charge in [0, 0.05) is 22.9 Å². The van der Waals surface area contributed by atoms with Gasteiger partial charge in [0.15, 0.2) is 20.8 Å². The van der Waals surface area contributed by atoms with Gasteiger partial charge in [0.25, 0.3) is 5.91 Å². The molecular formula is C22H16N2O4S2. The number of hydrogen-bond donors (Lipinski definition) is 1. The Bertz CT molecular complexity index is 1360. The summed E-state index contributed by atoms with van der Waals surface area (Å²) in [6.45, 7) is 0. The average Bonchev–Trinajstić information content (AvgIpc) is 3.14. The van der Waals surface area contributed by atoms with Crippen LogP contribution in [0.25, 0.3) is 10.2 Å². The second kappa shape index (κ2) is 7.81. The van der Waals surface area contributed by atoms with Crippen LogP contribution < -0.4 is 5.32 Å². The molecule has 0 radical (unpaired) electrons. The Kier molecular flexibility index (Phi) is 5.19. The molecule has 0 aliphatic rings. The smallest absolute Gasteiger partial charge is 0.257 e. The Morgan fingerprint density at radius 1 is 0.867 bits per heavy atom. The number of ketones is 1. The monoisotopic (exact) mass is 436 g/mol. The molecule has 0 saturated carbocycles. The van der Waals surface area contributed by atoms with E-state index in [1.807, 2.05) is 6.07 Å². The van der Waals surface area contributed by atoms with E-state index in [1.54, 1.807) is 60.7 Å². The van der Waals surface area contributed by atoms with E-state index < -0.39 is 9.84 Å². The number of sulfone groups is 1. The molecule has 6 nitrogen and oxygen atoms in total. The Labute approximate surface area is 177 Å². The highest BCUT2D eigenvalue weighted by Gasteiger charge is 2.14. The number of fused-ring (bicyclic) bond motifs is 1. The fourth-order valence-corrected chi connectivity index (χ4v) is 4.51. The van der Waals surface area contributed by atoms with Crippen LogP contribution in [0.3, 0.4) is 0 Å². The number of aromatic nitrogens is 1. The van der Waals surface area contributed by atoms with Gasteiger partial charge in [-0.2, -0.15) is 0 Å². The van der Waals surface area contributed by atoms with Crippen LogP contribution >= 0.6 is 11.3 Å². The van der Waals surface area contributed by atoms with Crippen molar-refractivity contribution >= 4 is 48.2 Å². The van der Waals surface area contributed by atoms with Gasteiger partial charge in [0.05, 0.1) is 15.1 Å².